The highest BCUT2D eigenvalue weighted by atomic mass is 15.2. The number of H-pyrrole nitrogens is 1. The molecular weight excluding hydrogens is 200 g/mol. The predicted molar refractivity (Wildman–Crippen MR) is 66.2 cm³/mol. The Balaban J connectivity index is 1.95. The number of hydrogen-bond donors (Lipinski definition) is 3. The van der Waals surface area contributed by atoms with Gasteiger partial charge in [0.15, 0.2) is 0 Å². The van der Waals surface area contributed by atoms with Crippen LogP contribution in [0.15, 0.2) is 36.5 Å². The number of nitrogen functional groups attached to an aromatic ring is 1. The van der Waals surface area contributed by atoms with Crippen LogP contribution in [0.5, 0.6) is 0 Å². The fourth-order valence-electron chi connectivity index (χ4n) is 1.70. The van der Waals surface area contributed by atoms with Crippen molar-refractivity contribution in [1.29, 1.82) is 0 Å². The van der Waals surface area contributed by atoms with Gasteiger partial charge in [-0.25, -0.2) is 0 Å². The predicted octanol–water partition coefficient (Wildman–Crippen LogP) is 2.03. The molecule has 0 spiro atoms. The van der Waals surface area contributed by atoms with Crippen LogP contribution in [-0.4, -0.2) is 16.2 Å². The molecule has 4 heteroatoms. The van der Waals surface area contributed by atoms with Crippen LogP contribution in [0.1, 0.15) is 12.5 Å². The van der Waals surface area contributed by atoms with E-state index >= 15 is 0 Å². The summed E-state index contributed by atoms with van der Waals surface area (Å²) in [7, 11) is 0. The van der Waals surface area contributed by atoms with Gasteiger partial charge in [-0.15, -0.1) is 0 Å². The summed E-state index contributed by atoms with van der Waals surface area (Å²) < 4.78 is 0. The first kappa shape index (κ1) is 10.5. The van der Waals surface area contributed by atoms with E-state index in [9.17, 15) is 0 Å². The second-order valence-corrected chi connectivity index (χ2v) is 3.93. The molecule has 0 aliphatic carbocycles. The summed E-state index contributed by atoms with van der Waals surface area (Å²) in [5, 5.41) is 9.89. The fraction of sp³-hybridized carbons (Fsp3) is 0.250. The van der Waals surface area contributed by atoms with E-state index in [4.69, 9.17) is 5.73 Å². The first-order valence-electron chi connectivity index (χ1n) is 5.35. The molecule has 1 heterocycles. The first-order chi connectivity index (χ1) is 7.75. The standard InChI is InChI=1S/C12H16N4/c1-9(7-10-5-3-2-4-6-10)15-11-8-14-16-12(11)13/h2-6,8-9,15H,7H2,1H3,(H3,13,14,16). The lowest BCUT2D eigenvalue weighted by Gasteiger charge is -2.14. The van der Waals surface area contributed by atoms with Crippen LogP contribution in [0.2, 0.25) is 0 Å². The van der Waals surface area contributed by atoms with E-state index < -0.39 is 0 Å². The van der Waals surface area contributed by atoms with Crippen molar-refractivity contribution in [2.75, 3.05) is 11.1 Å². The van der Waals surface area contributed by atoms with Gasteiger partial charge in [-0.05, 0) is 18.9 Å². The SMILES string of the molecule is CC(Cc1ccccc1)Nc1cn[nH]c1N. The van der Waals surface area contributed by atoms with Crippen molar-refractivity contribution < 1.29 is 0 Å². The maximum Gasteiger partial charge on any atom is 0.142 e. The van der Waals surface area contributed by atoms with Crippen molar-refractivity contribution in [2.24, 2.45) is 0 Å². The van der Waals surface area contributed by atoms with Crippen LogP contribution in [0.3, 0.4) is 0 Å². The average Bonchev–Trinajstić information content (AvgIpc) is 2.66. The third kappa shape index (κ3) is 2.53. The van der Waals surface area contributed by atoms with Crippen molar-refractivity contribution >= 4 is 11.5 Å². The number of nitrogens with one attached hydrogen (secondary N) is 2. The molecule has 0 saturated heterocycles. The molecular formula is C12H16N4. The summed E-state index contributed by atoms with van der Waals surface area (Å²) in [6.45, 7) is 2.12. The minimum absolute atomic E-state index is 0.322. The van der Waals surface area contributed by atoms with Crippen LogP contribution >= 0.6 is 0 Å². The highest BCUT2D eigenvalue weighted by molar-refractivity contribution is 5.60. The van der Waals surface area contributed by atoms with Crippen molar-refractivity contribution in [1.82, 2.24) is 10.2 Å². The number of rotatable bonds is 4. The van der Waals surface area contributed by atoms with Gasteiger partial charge in [0.25, 0.3) is 0 Å². The largest absolute Gasteiger partial charge is 0.382 e. The number of nitrogens with zero attached hydrogens (tertiary/aromatic N) is 1. The molecule has 1 aromatic carbocycles. The fourth-order valence-corrected chi connectivity index (χ4v) is 1.70. The van der Waals surface area contributed by atoms with E-state index in [0.717, 1.165) is 12.1 Å². The molecule has 0 bridgehead atoms. The van der Waals surface area contributed by atoms with E-state index in [2.05, 4.69) is 34.6 Å². The number of hydrogen-bond acceptors (Lipinski definition) is 3. The lowest BCUT2D eigenvalue weighted by atomic mass is 10.1. The van der Waals surface area contributed by atoms with Crippen molar-refractivity contribution in [3.8, 4) is 0 Å². The van der Waals surface area contributed by atoms with Crippen LogP contribution in [-0.2, 0) is 6.42 Å². The Labute approximate surface area is 94.9 Å². The molecule has 0 fully saturated rings. The van der Waals surface area contributed by atoms with Crippen molar-refractivity contribution in [2.45, 2.75) is 19.4 Å². The minimum atomic E-state index is 0.322. The van der Waals surface area contributed by atoms with Crippen LogP contribution < -0.4 is 11.1 Å². The highest BCUT2D eigenvalue weighted by Crippen LogP contribution is 2.15. The molecule has 4 nitrogen and oxygen atoms in total. The summed E-state index contributed by atoms with van der Waals surface area (Å²) in [6.07, 6.45) is 2.67. The van der Waals surface area contributed by atoms with Crippen LogP contribution in [0.4, 0.5) is 11.5 Å². The van der Waals surface area contributed by atoms with Gasteiger partial charge < -0.3 is 11.1 Å². The molecule has 0 aliphatic heterocycles. The molecule has 2 aromatic rings. The lowest BCUT2D eigenvalue weighted by molar-refractivity contribution is 0.791. The maximum absolute atomic E-state index is 5.70. The summed E-state index contributed by atoms with van der Waals surface area (Å²) in [5.74, 6) is 0.583. The third-order valence-electron chi connectivity index (χ3n) is 2.46. The van der Waals surface area contributed by atoms with Crippen molar-refractivity contribution in [3.63, 3.8) is 0 Å². The monoisotopic (exact) mass is 216 g/mol. The number of benzene rings is 1. The minimum Gasteiger partial charge on any atom is -0.382 e. The Morgan fingerprint density at radius 2 is 2.12 bits per heavy atom. The molecule has 0 amide bonds. The normalized spacial score (nSPS) is 12.3. The van der Waals surface area contributed by atoms with Crippen molar-refractivity contribution in [3.05, 3.63) is 42.1 Å². The van der Waals surface area contributed by atoms with Gasteiger partial charge in [0.05, 0.1) is 11.9 Å². The number of aromatic nitrogens is 2. The van der Waals surface area contributed by atoms with Gasteiger partial charge in [-0.1, -0.05) is 30.3 Å². The van der Waals surface area contributed by atoms with Crippen LogP contribution in [0.25, 0.3) is 0 Å². The molecule has 0 aliphatic rings. The Morgan fingerprint density at radius 3 is 2.75 bits per heavy atom. The van der Waals surface area contributed by atoms with Gasteiger partial charge >= 0.3 is 0 Å². The molecule has 84 valence electrons. The molecule has 1 unspecified atom stereocenters. The first-order valence-corrected chi connectivity index (χ1v) is 5.35. The lowest BCUT2D eigenvalue weighted by Crippen LogP contribution is -2.18. The quantitative estimate of drug-likeness (QED) is 0.732. The van der Waals surface area contributed by atoms with E-state index in [1.54, 1.807) is 6.20 Å². The zero-order chi connectivity index (χ0) is 11.4. The number of anilines is 2. The van der Waals surface area contributed by atoms with E-state index in [1.165, 1.54) is 5.56 Å². The number of aromatic amines is 1. The van der Waals surface area contributed by atoms with Gasteiger partial charge in [-0.3, -0.25) is 5.10 Å². The Hall–Kier alpha value is -1.97. The Morgan fingerprint density at radius 1 is 1.38 bits per heavy atom. The maximum atomic E-state index is 5.70. The topological polar surface area (TPSA) is 66.7 Å². The number of nitrogens with two attached hydrogens (primary N) is 1. The highest BCUT2D eigenvalue weighted by Gasteiger charge is 2.06. The van der Waals surface area contributed by atoms with E-state index in [-0.39, 0.29) is 0 Å². The summed E-state index contributed by atoms with van der Waals surface area (Å²) in [4.78, 5) is 0. The molecule has 0 saturated carbocycles. The smallest absolute Gasteiger partial charge is 0.142 e. The third-order valence-corrected chi connectivity index (χ3v) is 2.46. The van der Waals surface area contributed by atoms with Gasteiger partial charge in [0.2, 0.25) is 0 Å². The van der Waals surface area contributed by atoms with Crippen LogP contribution in [0, 0.1) is 0 Å². The average molecular weight is 216 g/mol. The second-order valence-electron chi connectivity index (χ2n) is 3.93. The molecule has 16 heavy (non-hydrogen) atoms. The Bertz CT molecular complexity index is 435. The zero-order valence-corrected chi connectivity index (χ0v) is 9.27. The Kier molecular flexibility index (Phi) is 3.10. The molecule has 2 rings (SSSR count). The van der Waals surface area contributed by atoms with Gasteiger partial charge in [0, 0.05) is 6.04 Å². The second kappa shape index (κ2) is 4.70. The molecule has 1 atom stereocenters. The van der Waals surface area contributed by atoms with E-state index in [1.807, 2.05) is 18.2 Å². The molecule has 0 radical (unpaired) electrons. The summed E-state index contributed by atoms with van der Waals surface area (Å²) in [5.41, 5.74) is 7.88. The van der Waals surface area contributed by atoms with Gasteiger partial charge in [0.1, 0.15) is 5.82 Å². The zero-order valence-electron chi connectivity index (χ0n) is 9.27. The van der Waals surface area contributed by atoms with Gasteiger partial charge in [-0.2, -0.15) is 5.10 Å². The molecule has 4 N–H and O–H groups in total. The van der Waals surface area contributed by atoms with E-state index in [0.29, 0.717) is 11.9 Å². The molecule has 1 aromatic heterocycles. The summed E-state index contributed by atoms with van der Waals surface area (Å²) in [6, 6.07) is 10.7. The summed E-state index contributed by atoms with van der Waals surface area (Å²) >= 11 is 0.